The number of amides is 5. The molecule has 0 aliphatic carbocycles. The Morgan fingerprint density at radius 2 is 1.67 bits per heavy atom. The standard InChI is InChI=1S/C28H37N5O13/c1-29-10-12-32(2)28(43)44-14-15-3-4-17(45-27-24(40)22(38)23(39)25(46-27)26(41)42)16(13-15)31-19(35)7-9-30-18(34)8-11-33-20(36)5-6-21(33)37/h3-6,13,22-25,27,29,38-40H,7-12,14H2,1-2H3,(H,30,34)(H,31,35)(H,41,42)/t22-,23-,24+,25-,27?/m0/s1. The van der Waals surface area contributed by atoms with Gasteiger partial charge in [-0.2, -0.15) is 0 Å². The second-order valence-corrected chi connectivity index (χ2v) is 10.3. The van der Waals surface area contributed by atoms with Crippen molar-refractivity contribution in [2.45, 2.75) is 50.2 Å². The zero-order valence-corrected chi connectivity index (χ0v) is 25.1. The molecule has 0 saturated carbocycles. The second kappa shape index (κ2) is 16.6. The van der Waals surface area contributed by atoms with Crippen molar-refractivity contribution in [2.75, 3.05) is 45.6 Å². The molecule has 2 aliphatic heterocycles. The van der Waals surface area contributed by atoms with Crippen LogP contribution in [0.3, 0.4) is 0 Å². The van der Waals surface area contributed by atoms with Crippen LogP contribution in [-0.4, -0.2) is 137 Å². The molecule has 0 radical (unpaired) electrons. The predicted molar refractivity (Wildman–Crippen MR) is 155 cm³/mol. The maximum Gasteiger partial charge on any atom is 0.409 e. The van der Waals surface area contributed by atoms with Crippen molar-refractivity contribution in [2.24, 2.45) is 0 Å². The van der Waals surface area contributed by atoms with Crippen LogP contribution in [0.5, 0.6) is 5.75 Å². The Morgan fingerprint density at radius 3 is 2.33 bits per heavy atom. The number of carboxylic acid groups (broad SMARTS) is 1. The van der Waals surface area contributed by atoms with Crippen molar-refractivity contribution in [3.05, 3.63) is 35.9 Å². The average molecular weight is 652 g/mol. The number of rotatable bonds is 15. The maximum absolute atomic E-state index is 12.8. The molecule has 3 rings (SSSR count). The predicted octanol–water partition coefficient (Wildman–Crippen LogP) is -2.49. The van der Waals surface area contributed by atoms with Crippen molar-refractivity contribution < 1.29 is 63.4 Å². The number of carbonyl (C=O) groups is 6. The molecule has 2 heterocycles. The highest BCUT2D eigenvalue weighted by Gasteiger charge is 2.48. The molecule has 0 spiro atoms. The molecule has 46 heavy (non-hydrogen) atoms. The number of aliphatic hydroxyl groups is 3. The number of anilines is 1. The molecule has 18 heteroatoms. The summed E-state index contributed by atoms with van der Waals surface area (Å²) in [6.45, 7) is 0.454. The molecule has 1 unspecified atom stereocenters. The molecule has 5 atom stereocenters. The van der Waals surface area contributed by atoms with Gasteiger partial charge in [0, 0.05) is 58.2 Å². The van der Waals surface area contributed by atoms with Crippen LogP contribution in [0.1, 0.15) is 18.4 Å². The van der Waals surface area contributed by atoms with Gasteiger partial charge >= 0.3 is 12.1 Å². The lowest BCUT2D eigenvalue weighted by molar-refractivity contribution is -0.271. The monoisotopic (exact) mass is 651 g/mol. The molecule has 252 valence electrons. The lowest BCUT2D eigenvalue weighted by atomic mass is 9.99. The van der Waals surface area contributed by atoms with Crippen LogP contribution in [0.4, 0.5) is 10.5 Å². The first-order valence-corrected chi connectivity index (χ1v) is 14.2. The van der Waals surface area contributed by atoms with Crippen LogP contribution in [0.2, 0.25) is 0 Å². The topological polar surface area (TPSA) is 254 Å². The van der Waals surface area contributed by atoms with Gasteiger partial charge in [0.1, 0.15) is 30.7 Å². The smallest absolute Gasteiger partial charge is 0.409 e. The molecule has 18 nitrogen and oxygen atoms in total. The number of aliphatic hydroxyl groups excluding tert-OH is 3. The summed E-state index contributed by atoms with van der Waals surface area (Å²) < 4.78 is 16.1. The van der Waals surface area contributed by atoms with E-state index in [0.717, 1.165) is 17.1 Å². The van der Waals surface area contributed by atoms with Crippen molar-refractivity contribution in [1.29, 1.82) is 0 Å². The van der Waals surface area contributed by atoms with Crippen LogP contribution in [0, 0.1) is 0 Å². The highest BCUT2D eigenvalue weighted by molar-refractivity contribution is 6.13. The highest BCUT2D eigenvalue weighted by atomic mass is 16.7. The lowest BCUT2D eigenvalue weighted by Gasteiger charge is -2.38. The number of hydrogen-bond acceptors (Lipinski definition) is 13. The molecule has 0 aromatic heterocycles. The first-order chi connectivity index (χ1) is 21.8. The third-order valence-corrected chi connectivity index (χ3v) is 6.88. The minimum Gasteiger partial charge on any atom is -0.479 e. The summed E-state index contributed by atoms with van der Waals surface area (Å²) in [7, 11) is 3.28. The summed E-state index contributed by atoms with van der Waals surface area (Å²) in [5.41, 5.74) is 0.381. The van der Waals surface area contributed by atoms with Gasteiger partial charge in [-0.3, -0.25) is 24.1 Å². The fourth-order valence-corrected chi connectivity index (χ4v) is 4.25. The summed E-state index contributed by atoms with van der Waals surface area (Å²) in [5, 5.41) is 47.8. The molecule has 0 bridgehead atoms. The SMILES string of the molecule is CNCCN(C)C(=O)OCc1ccc(OC2O[C@H](C(=O)O)[C@@H](O)[C@H](O)[C@H]2O)c(NC(=O)CCNC(=O)CCN2C(=O)C=CC2=O)c1. The number of nitrogens with one attached hydrogen (secondary N) is 3. The minimum absolute atomic E-state index is 0.0183. The van der Waals surface area contributed by atoms with E-state index in [2.05, 4.69) is 16.0 Å². The number of carbonyl (C=O) groups excluding carboxylic acids is 5. The van der Waals surface area contributed by atoms with Gasteiger partial charge in [-0.05, 0) is 24.7 Å². The fourth-order valence-electron chi connectivity index (χ4n) is 4.25. The molecule has 1 saturated heterocycles. The Balaban J connectivity index is 1.67. The first kappa shape index (κ1) is 35.9. The van der Waals surface area contributed by atoms with E-state index in [0.29, 0.717) is 18.7 Å². The summed E-state index contributed by atoms with van der Waals surface area (Å²) >= 11 is 0. The Morgan fingerprint density at radius 1 is 0.978 bits per heavy atom. The highest BCUT2D eigenvalue weighted by Crippen LogP contribution is 2.31. The van der Waals surface area contributed by atoms with Crippen LogP contribution in [-0.2, 0) is 40.1 Å². The van der Waals surface area contributed by atoms with Crippen LogP contribution in [0.15, 0.2) is 30.4 Å². The van der Waals surface area contributed by atoms with Crippen molar-refractivity contribution in [1.82, 2.24) is 20.4 Å². The van der Waals surface area contributed by atoms with Gasteiger partial charge in [-0.15, -0.1) is 0 Å². The molecule has 1 fully saturated rings. The number of nitrogens with zero attached hydrogens (tertiary/aromatic N) is 2. The lowest BCUT2D eigenvalue weighted by Crippen LogP contribution is -2.61. The second-order valence-electron chi connectivity index (χ2n) is 10.3. The van der Waals surface area contributed by atoms with Gasteiger partial charge in [-0.1, -0.05) is 6.07 Å². The summed E-state index contributed by atoms with van der Waals surface area (Å²) in [4.78, 5) is 74.2. The van der Waals surface area contributed by atoms with Gasteiger partial charge in [0.25, 0.3) is 11.8 Å². The van der Waals surface area contributed by atoms with Gasteiger partial charge < -0.3 is 55.5 Å². The minimum atomic E-state index is -1.95. The third kappa shape index (κ3) is 9.69. The number of hydrogen-bond donors (Lipinski definition) is 7. The number of likely N-dealkylation sites (N-methyl/N-ethyl adjacent to an activating group) is 2. The van der Waals surface area contributed by atoms with E-state index in [1.807, 2.05) is 0 Å². The van der Waals surface area contributed by atoms with Crippen LogP contribution < -0.4 is 20.7 Å². The summed E-state index contributed by atoms with van der Waals surface area (Å²) in [6, 6.07) is 4.18. The summed E-state index contributed by atoms with van der Waals surface area (Å²) in [5.74, 6) is -3.93. The first-order valence-electron chi connectivity index (χ1n) is 14.2. The van der Waals surface area contributed by atoms with E-state index in [1.165, 1.54) is 23.1 Å². The molecule has 2 aliphatic rings. The Bertz CT molecular complexity index is 1320. The van der Waals surface area contributed by atoms with E-state index >= 15 is 0 Å². The van der Waals surface area contributed by atoms with Crippen LogP contribution >= 0.6 is 0 Å². The van der Waals surface area contributed by atoms with E-state index in [9.17, 15) is 49.2 Å². The van der Waals surface area contributed by atoms with Crippen molar-refractivity contribution >= 4 is 41.4 Å². The third-order valence-electron chi connectivity index (χ3n) is 6.88. The largest absolute Gasteiger partial charge is 0.479 e. The normalized spacial score (nSPS) is 22.4. The fraction of sp³-hybridized carbons (Fsp3) is 0.500. The summed E-state index contributed by atoms with van der Waals surface area (Å²) in [6.07, 6.45) is -8.28. The van der Waals surface area contributed by atoms with Crippen molar-refractivity contribution in [3.8, 4) is 5.75 Å². The number of carboxylic acids is 1. The van der Waals surface area contributed by atoms with E-state index < -0.39 is 66.4 Å². The number of aliphatic carboxylic acids is 1. The number of benzene rings is 1. The maximum atomic E-state index is 12.8. The van der Waals surface area contributed by atoms with E-state index in [-0.39, 0.29) is 44.0 Å². The molecule has 1 aromatic carbocycles. The average Bonchev–Trinajstić information content (AvgIpc) is 3.34. The Labute approximate surface area is 262 Å². The van der Waals surface area contributed by atoms with E-state index in [4.69, 9.17) is 14.2 Å². The molecule has 1 aromatic rings. The van der Waals surface area contributed by atoms with E-state index in [1.54, 1.807) is 14.1 Å². The Kier molecular flexibility index (Phi) is 13.0. The Hall–Kier alpha value is -4.62. The molecular weight excluding hydrogens is 614 g/mol. The molecule has 5 amide bonds. The van der Waals surface area contributed by atoms with Gasteiger partial charge in [0.05, 0.1) is 5.69 Å². The molecular formula is C28H37N5O13. The number of ether oxygens (including phenoxy) is 3. The van der Waals surface area contributed by atoms with Crippen molar-refractivity contribution in [3.63, 3.8) is 0 Å². The van der Waals surface area contributed by atoms with Gasteiger partial charge in [0.2, 0.25) is 18.1 Å². The number of imide groups is 1. The zero-order chi connectivity index (χ0) is 34.0. The van der Waals surface area contributed by atoms with Gasteiger partial charge in [-0.25, -0.2) is 9.59 Å². The quantitative estimate of drug-likeness (QED) is 0.0969. The zero-order valence-electron chi connectivity index (χ0n) is 25.1. The van der Waals surface area contributed by atoms with Gasteiger partial charge in [0.15, 0.2) is 6.10 Å². The van der Waals surface area contributed by atoms with Crippen LogP contribution in [0.25, 0.3) is 0 Å². The molecule has 7 N–H and O–H groups in total.